The van der Waals surface area contributed by atoms with Crippen LogP contribution in [0.1, 0.15) is 99.2 Å². The number of aliphatic hydroxyl groups is 1. The van der Waals surface area contributed by atoms with E-state index in [2.05, 4.69) is 11.4 Å². The molecule has 0 spiro atoms. The van der Waals surface area contributed by atoms with Crippen molar-refractivity contribution >= 4 is 11.8 Å². The molecule has 5 aliphatic rings. The van der Waals surface area contributed by atoms with Gasteiger partial charge in [0.25, 0.3) is 11.8 Å². The Morgan fingerprint density at radius 3 is 2.21 bits per heavy atom. The van der Waals surface area contributed by atoms with Crippen LogP contribution < -0.4 is 5.32 Å². The largest absolute Gasteiger partial charge is 0.380 e. The summed E-state index contributed by atoms with van der Waals surface area (Å²) >= 11 is 0. The molecule has 5 fully saturated rings. The van der Waals surface area contributed by atoms with E-state index in [9.17, 15) is 20.0 Å². The van der Waals surface area contributed by atoms with Crippen molar-refractivity contribution in [1.82, 2.24) is 15.1 Å². The maximum atomic E-state index is 13.2. The van der Waals surface area contributed by atoms with Crippen LogP contribution in [-0.2, 0) is 9.53 Å². The SMILES string of the molecule is N#CC1CCC2NC(c3ccc(C(=O)N4CCN(C(=O)C5(O)CC5)CC4)cc3)OC2(C2CCCCCCC2)C1. The van der Waals surface area contributed by atoms with Crippen LogP contribution in [0.15, 0.2) is 24.3 Å². The zero-order chi connectivity index (χ0) is 27.0. The minimum Gasteiger partial charge on any atom is -0.380 e. The van der Waals surface area contributed by atoms with Gasteiger partial charge in [-0.1, -0.05) is 44.2 Å². The molecule has 3 saturated carbocycles. The fourth-order valence-electron chi connectivity index (χ4n) is 7.52. The van der Waals surface area contributed by atoms with Gasteiger partial charge in [0, 0.05) is 43.7 Å². The number of carbonyl (C=O) groups is 2. The lowest BCUT2D eigenvalue weighted by Gasteiger charge is -2.45. The lowest BCUT2D eigenvalue weighted by atomic mass is 9.66. The van der Waals surface area contributed by atoms with E-state index in [-0.39, 0.29) is 35.6 Å². The van der Waals surface area contributed by atoms with E-state index in [0.717, 1.165) is 24.8 Å². The zero-order valence-corrected chi connectivity index (χ0v) is 22.9. The molecular weight excluding hydrogens is 492 g/mol. The lowest BCUT2D eigenvalue weighted by molar-refractivity contribution is -0.143. The number of fused-ring (bicyclic) bond motifs is 1. The van der Waals surface area contributed by atoms with Gasteiger partial charge in [0.1, 0.15) is 11.8 Å². The summed E-state index contributed by atoms with van der Waals surface area (Å²) in [5.41, 5.74) is 0.209. The van der Waals surface area contributed by atoms with Crippen molar-refractivity contribution in [2.45, 2.75) is 101 Å². The van der Waals surface area contributed by atoms with Crippen molar-refractivity contribution in [3.8, 4) is 6.07 Å². The molecule has 1 aromatic rings. The number of carbonyl (C=O) groups excluding carboxylic acids is 2. The van der Waals surface area contributed by atoms with E-state index < -0.39 is 5.60 Å². The maximum Gasteiger partial charge on any atom is 0.254 e. The van der Waals surface area contributed by atoms with Crippen LogP contribution in [0.25, 0.3) is 0 Å². The first-order valence-electron chi connectivity index (χ1n) is 15.2. The molecule has 6 rings (SSSR count). The number of hydrogen-bond acceptors (Lipinski definition) is 6. The summed E-state index contributed by atoms with van der Waals surface area (Å²) in [6.45, 7) is 1.86. The first kappa shape index (κ1) is 26.7. The second-order valence-electron chi connectivity index (χ2n) is 12.6. The Kier molecular flexibility index (Phi) is 7.43. The smallest absolute Gasteiger partial charge is 0.254 e. The summed E-state index contributed by atoms with van der Waals surface area (Å²) < 4.78 is 6.97. The third-order valence-corrected chi connectivity index (χ3v) is 10.1. The van der Waals surface area contributed by atoms with Crippen LogP contribution in [0.2, 0.25) is 0 Å². The van der Waals surface area contributed by atoms with Gasteiger partial charge in [0.15, 0.2) is 0 Å². The van der Waals surface area contributed by atoms with Gasteiger partial charge >= 0.3 is 0 Å². The first-order chi connectivity index (χ1) is 18.9. The van der Waals surface area contributed by atoms with Gasteiger partial charge in [0.05, 0.1) is 11.7 Å². The van der Waals surface area contributed by atoms with Gasteiger partial charge < -0.3 is 19.6 Å². The normalized spacial score (nSPS) is 33.0. The van der Waals surface area contributed by atoms with Gasteiger partial charge in [-0.15, -0.1) is 0 Å². The van der Waals surface area contributed by atoms with Crippen LogP contribution in [0.5, 0.6) is 0 Å². The van der Waals surface area contributed by atoms with Crippen LogP contribution in [-0.4, -0.2) is 70.1 Å². The summed E-state index contributed by atoms with van der Waals surface area (Å²) in [7, 11) is 0. The third kappa shape index (κ3) is 5.21. The fraction of sp³-hybridized carbons (Fsp3) is 0.710. The number of ether oxygens (including phenoxy) is 1. The molecule has 1 aromatic carbocycles. The van der Waals surface area contributed by atoms with Crippen molar-refractivity contribution < 1.29 is 19.4 Å². The first-order valence-corrected chi connectivity index (χ1v) is 15.2. The molecule has 3 aliphatic carbocycles. The second-order valence-corrected chi connectivity index (χ2v) is 12.6. The van der Waals surface area contributed by atoms with Crippen molar-refractivity contribution in [2.75, 3.05) is 26.2 Å². The molecule has 210 valence electrons. The summed E-state index contributed by atoms with van der Waals surface area (Å²) in [5, 5.41) is 23.7. The summed E-state index contributed by atoms with van der Waals surface area (Å²) in [5.74, 6) is 0.302. The monoisotopic (exact) mass is 534 g/mol. The highest BCUT2D eigenvalue weighted by Crippen LogP contribution is 2.51. The molecule has 4 unspecified atom stereocenters. The van der Waals surface area contributed by atoms with Crippen LogP contribution in [0.4, 0.5) is 0 Å². The van der Waals surface area contributed by atoms with Crippen LogP contribution in [0, 0.1) is 23.2 Å². The highest BCUT2D eigenvalue weighted by molar-refractivity contribution is 5.94. The predicted octanol–water partition coefficient (Wildman–Crippen LogP) is 3.91. The zero-order valence-electron chi connectivity index (χ0n) is 22.9. The molecule has 8 nitrogen and oxygen atoms in total. The van der Waals surface area contributed by atoms with E-state index in [4.69, 9.17) is 4.74 Å². The number of amides is 2. The number of nitrogens with zero attached hydrogens (tertiary/aromatic N) is 3. The number of piperazine rings is 1. The van der Waals surface area contributed by atoms with Gasteiger partial charge in [0.2, 0.25) is 0 Å². The van der Waals surface area contributed by atoms with Crippen molar-refractivity contribution in [3.63, 3.8) is 0 Å². The topological polar surface area (TPSA) is 106 Å². The number of rotatable bonds is 4. The molecule has 8 heteroatoms. The van der Waals surface area contributed by atoms with Crippen molar-refractivity contribution in [2.24, 2.45) is 11.8 Å². The summed E-state index contributed by atoms with van der Waals surface area (Å²) in [6, 6.07) is 10.6. The molecule has 2 amide bonds. The molecule has 2 heterocycles. The lowest BCUT2D eigenvalue weighted by Crippen LogP contribution is -2.53. The Hall–Kier alpha value is -2.47. The number of benzene rings is 1. The highest BCUT2D eigenvalue weighted by atomic mass is 16.5. The second kappa shape index (κ2) is 10.8. The third-order valence-electron chi connectivity index (χ3n) is 10.1. The van der Waals surface area contributed by atoms with Gasteiger partial charge in [-0.3, -0.25) is 14.9 Å². The summed E-state index contributed by atoms with van der Waals surface area (Å²) in [4.78, 5) is 29.1. The maximum absolute atomic E-state index is 13.2. The Bertz CT molecular complexity index is 1100. The quantitative estimate of drug-likeness (QED) is 0.607. The number of nitriles is 1. The Balaban J connectivity index is 1.12. The molecule has 4 atom stereocenters. The molecule has 2 saturated heterocycles. The van der Waals surface area contributed by atoms with Crippen molar-refractivity contribution in [1.29, 1.82) is 5.26 Å². The Morgan fingerprint density at radius 1 is 0.923 bits per heavy atom. The molecule has 2 aliphatic heterocycles. The Labute approximate surface area is 231 Å². The average molecular weight is 535 g/mol. The standard InChI is InChI=1S/C31H42N4O4/c32-21-22-8-13-26-31(20-22,25-6-4-2-1-3-5-7-25)39-27(33-26)23-9-11-24(12-10-23)28(36)34-16-18-35(19-17-34)29(37)30(38)14-15-30/h9-12,22,25-27,33,38H,1-8,13-20H2. The minimum atomic E-state index is -1.15. The van der Waals surface area contributed by atoms with E-state index >= 15 is 0 Å². The van der Waals surface area contributed by atoms with E-state index in [1.165, 1.54) is 44.9 Å². The fourth-order valence-corrected chi connectivity index (χ4v) is 7.52. The van der Waals surface area contributed by atoms with E-state index in [1.54, 1.807) is 9.80 Å². The van der Waals surface area contributed by atoms with Gasteiger partial charge in [-0.2, -0.15) is 5.26 Å². The molecular formula is C31H42N4O4. The number of hydrogen-bond donors (Lipinski definition) is 2. The number of nitrogens with one attached hydrogen (secondary N) is 1. The predicted molar refractivity (Wildman–Crippen MR) is 145 cm³/mol. The molecule has 39 heavy (non-hydrogen) atoms. The van der Waals surface area contributed by atoms with E-state index in [1.807, 2.05) is 24.3 Å². The van der Waals surface area contributed by atoms with Crippen LogP contribution >= 0.6 is 0 Å². The molecule has 2 N–H and O–H groups in total. The Morgan fingerprint density at radius 2 is 1.56 bits per heavy atom. The van der Waals surface area contributed by atoms with Gasteiger partial charge in [-0.05, 0) is 68.6 Å². The highest BCUT2D eigenvalue weighted by Gasteiger charge is 2.56. The van der Waals surface area contributed by atoms with Crippen LogP contribution in [0.3, 0.4) is 0 Å². The molecule has 0 radical (unpaired) electrons. The molecule has 0 bridgehead atoms. The summed E-state index contributed by atoms with van der Waals surface area (Å²) in [6.07, 6.45) is 12.3. The van der Waals surface area contributed by atoms with E-state index in [0.29, 0.717) is 50.5 Å². The van der Waals surface area contributed by atoms with Crippen molar-refractivity contribution in [3.05, 3.63) is 35.4 Å². The average Bonchev–Trinajstić information content (AvgIpc) is 3.58. The van der Waals surface area contributed by atoms with Gasteiger partial charge in [-0.25, -0.2) is 0 Å². The minimum absolute atomic E-state index is 0.0318. The molecule has 0 aromatic heterocycles.